The summed E-state index contributed by atoms with van der Waals surface area (Å²) in [4.78, 5) is 28.8. The third kappa shape index (κ3) is 8.91. The summed E-state index contributed by atoms with van der Waals surface area (Å²) in [6.45, 7) is 7.20. The number of thioether (sulfide) groups is 1. The molecule has 1 atom stereocenters. The van der Waals surface area contributed by atoms with Crippen molar-refractivity contribution in [1.82, 2.24) is 10.2 Å². The molecule has 0 aromatic heterocycles. The minimum atomic E-state index is -0.580. The Bertz CT molecular complexity index is 1070. The maximum atomic E-state index is 13.6. The number of amides is 2. The molecule has 3 aromatic rings. The molecule has 184 valence electrons. The molecule has 0 saturated carbocycles. The first-order valence-corrected chi connectivity index (χ1v) is 13.4. The predicted molar refractivity (Wildman–Crippen MR) is 146 cm³/mol. The first kappa shape index (κ1) is 26.6. The lowest BCUT2D eigenvalue weighted by Gasteiger charge is -2.31. The Morgan fingerprint density at radius 1 is 0.857 bits per heavy atom. The Labute approximate surface area is 214 Å². The van der Waals surface area contributed by atoms with E-state index in [0.717, 1.165) is 16.9 Å². The number of carbonyl (C=O) groups is 2. The molecule has 0 aliphatic carbocycles. The molecule has 0 radical (unpaired) electrons. The zero-order chi connectivity index (χ0) is 25.0. The van der Waals surface area contributed by atoms with Crippen LogP contribution in [0.15, 0.2) is 84.9 Å². The van der Waals surface area contributed by atoms with Gasteiger partial charge in [0.2, 0.25) is 11.8 Å². The first-order chi connectivity index (χ1) is 16.9. The van der Waals surface area contributed by atoms with Crippen LogP contribution in [0.2, 0.25) is 0 Å². The molecule has 3 rings (SSSR count). The standard InChI is InChI=1S/C30H36N2O2S/c1-23(2)19-31-30(34)28(18-25-12-6-4-7-13-25)32(20-26-14-8-5-9-15-26)29(33)22-35-21-27-16-10-11-24(3)17-27/h4-17,23,28H,18-22H2,1-3H3,(H,31,34)/t28-/m0/s1. The van der Waals surface area contributed by atoms with E-state index in [-0.39, 0.29) is 11.8 Å². The van der Waals surface area contributed by atoms with E-state index in [1.807, 2.05) is 66.7 Å². The normalized spacial score (nSPS) is 11.8. The van der Waals surface area contributed by atoms with Crippen molar-refractivity contribution in [2.24, 2.45) is 5.92 Å². The quantitative estimate of drug-likeness (QED) is 0.359. The molecule has 0 heterocycles. The van der Waals surface area contributed by atoms with E-state index in [1.54, 1.807) is 16.7 Å². The molecule has 35 heavy (non-hydrogen) atoms. The fraction of sp³-hybridized carbons (Fsp3) is 0.333. The minimum absolute atomic E-state index is 0.0212. The van der Waals surface area contributed by atoms with Gasteiger partial charge in [0, 0.05) is 25.3 Å². The van der Waals surface area contributed by atoms with Crippen LogP contribution in [-0.2, 0) is 28.3 Å². The highest BCUT2D eigenvalue weighted by Gasteiger charge is 2.30. The van der Waals surface area contributed by atoms with Gasteiger partial charge in [-0.15, -0.1) is 11.8 Å². The number of hydrogen-bond acceptors (Lipinski definition) is 3. The van der Waals surface area contributed by atoms with Crippen molar-refractivity contribution in [2.75, 3.05) is 12.3 Å². The predicted octanol–water partition coefficient (Wildman–Crippen LogP) is 5.64. The first-order valence-electron chi connectivity index (χ1n) is 12.2. The molecule has 2 amide bonds. The summed E-state index contributed by atoms with van der Waals surface area (Å²) < 4.78 is 0. The lowest BCUT2D eigenvalue weighted by molar-refractivity contribution is -0.139. The zero-order valence-electron chi connectivity index (χ0n) is 20.9. The van der Waals surface area contributed by atoms with Crippen LogP contribution < -0.4 is 5.32 Å². The van der Waals surface area contributed by atoms with E-state index in [9.17, 15) is 9.59 Å². The number of nitrogens with zero attached hydrogens (tertiary/aromatic N) is 1. The van der Waals surface area contributed by atoms with E-state index >= 15 is 0 Å². The summed E-state index contributed by atoms with van der Waals surface area (Å²) in [5.41, 5.74) is 4.47. The Morgan fingerprint density at radius 2 is 1.49 bits per heavy atom. The van der Waals surface area contributed by atoms with E-state index < -0.39 is 6.04 Å². The molecule has 0 saturated heterocycles. The van der Waals surface area contributed by atoms with Crippen LogP contribution in [0.4, 0.5) is 0 Å². The van der Waals surface area contributed by atoms with E-state index in [1.165, 1.54) is 11.1 Å². The minimum Gasteiger partial charge on any atom is -0.354 e. The summed E-state index contributed by atoms with van der Waals surface area (Å²) in [6.07, 6.45) is 0.478. The highest BCUT2D eigenvalue weighted by molar-refractivity contribution is 7.99. The number of aryl methyl sites for hydroxylation is 1. The van der Waals surface area contributed by atoms with Gasteiger partial charge >= 0.3 is 0 Å². The van der Waals surface area contributed by atoms with Crippen LogP contribution in [0.1, 0.15) is 36.1 Å². The second-order valence-corrected chi connectivity index (χ2v) is 10.3. The average Bonchev–Trinajstić information content (AvgIpc) is 2.86. The van der Waals surface area contributed by atoms with Crippen molar-refractivity contribution in [1.29, 1.82) is 0 Å². The third-order valence-corrected chi connectivity index (χ3v) is 6.72. The number of nitrogens with one attached hydrogen (secondary N) is 1. The summed E-state index contributed by atoms with van der Waals surface area (Å²) >= 11 is 1.59. The topological polar surface area (TPSA) is 49.4 Å². The molecular formula is C30H36N2O2S. The van der Waals surface area contributed by atoms with E-state index in [2.05, 4.69) is 44.3 Å². The lowest BCUT2D eigenvalue weighted by Crippen LogP contribution is -2.51. The van der Waals surface area contributed by atoms with Gasteiger partial charge in [-0.25, -0.2) is 0 Å². The van der Waals surface area contributed by atoms with Crippen LogP contribution in [0.5, 0.6) is 0 Å². The monoisotopic (exact) mass is 488 g/mol. The Kier molecular flexibility index (Phi) is 10.4. The molecule has 0 fully saturated rings. The highest BCUT2D eigenvalue weighted by Crippen LogP contribution is 2.19. The summed E-state index contributed by atoms with van der Waals surface area (Å²) in [5, 5.41) is 3.07. The van der Waals surface area contributed by atoms with Crippen molar-refractivity contribution in [2.45, 2.75) is 45.5 Å². The molecule has 4 nitrogen and oxygen atoms in total. The van der Waals surface area contributed by atoms with Crippen LogP contribution in [-0.4, -0.2) is 35.1 Å². The van der Waals surface area contributed by atoms with Crippen molar-refractivity contribution >= 4 is 23.6 Å². The highest BCUT2D eigenvalue weighted by atomic mass is 32.2. The largest absolute Gasteiger partial charge is 0.354 e. The summed E-state index contributed by atoms with van der Waals surface area (Å²) in [5.74, 6) is 1.29. The molecule has 5 heteroatoms. The van der Waals surface area contributed by atoms with Crippen molar-refractivity contribution in [3.63, 3.8) is 0 Å². The fourth-order valence-corrected chi connectivity index (χ4v) is 4.76. The van der Waals surface area contributed by atoms with Crippen molar-refractivity contribution in [3.8, 4) is 0 Å². The van der Waals surface area contributed by atoms with Crippen LogP contribution in [0.25, 0.3) is 0 Å². The van der Waals surface area contributed by atoms with Gasteiger partial charge < -0.3 is 10.2 Å². The summed E-state index contributed by atoms with van der Waals surface area (Å²) in [6, 6.07) is 27.6. The maximum absolute atomic E-state index is 13.6. The molecule has 3 aromatic carbocycles. The van der Waals surface area contributed by atoms with Crippen molar-refractivity contribution in [3.05, 3.63) is 107 Å². The van der Waals surface area contributed by atoms with Gasteiger partial charge in [-0.05, 0) is 29.5 Å². The zero-order valence-corrected chi connectivity index (χ0v) is 21.8. The number of rotatable bonds is 12. The Hall–Kier alpha value is -3.05. The molecule has 0 bridgehead atoms. The fourth-order valence-electron chi connectivity index (χ4n) is 3.90. The van der Waals surface area contributed by atoms with Gasteiger partial charge in [-0.1, -0.05) is 104 Å². The average molecular weight is 489 g/mol. The van der Waals surface area contributed by atoms with Crippen LogP contribution >= 0.6 is 11.8 Å². The second kappa shape index (κ2) is 13.7. The van der Waals surface area contributed by atoms with Gasteiger partial charge in [0.15, 0.2) is 0 Å². The second-order valence-electron chi connectivity index (χ2n) is 9.33. The lowest BCUT2D eigenvalue weighted by atomic mass is 10.0. The van der Waals surface area contributed by atoms with Crippen LogP contribution in [0, 0.1) is 12.8 Å². The number of carbonyl (C=O) groups excluding carboxylic acids is 2. The van der Waals surface area contributed by atoms with Gasteiger partial charge in [0.1, 0.15) is 6.04 Å². The molecule has 0 aliphatic heterocycles. The van der Waals surface area contributed by atoms with Gasteiger partial charge in [0.05, 0.1) is 5.75 Å². The molecular weight excluding hydrogens is 452 g/mol. The summed E-state index contributed by atoms with van der Waals surface area (Å²) in [7, 11) is 0. The molecule has 0 unspecified atom stereocenters. The van der Waals surface area contributed by atoms with Gasteiger partial charge in [-0.2, -0.15) is 0 Å². The molecule has 0 spiro atoms. The SMILES string of the molecule is Cc1cccc(CSCC(=O)N(Cc2ccccc2)[C@@H](Cc2ccccc2)C(=O)NCC(C)C)c1. The smallest absolute Gasteiger partial charge is 0.243 e. The number of hydrogen-bond donors (Lipinski definition) is 1. The third-order valence-electron chi connectivity index (χ3n) is 5.73. The Morgan fingerprint density at radius 3 is 2.11 bits per heavy atom. The number of benzene rings is 3. The van der Waals surface area contributed by atoms with E-state index in [0.29, 0.717) is 31.2 Å². The molecule has 1 N–H and O–H groups in total. The van der Waals surface area contributed by atoms with E-state index in [4.69, 9.17) is 0 Å². The maximum Gasteiger partial charge on any atom is 0.243 e. The molecule has 0 aliphatic rings. The van der Waals surface area contributed by atoms with Gasteiger partial charge in [-0.3, -0.25) is 9.59 Å². The Balaban J connectivity index is 1.81. The van der Waals surface area contributed by atoms with Crippen LogP contribution in [0.3, 0.4) is 0 Å². The van der Waals surface area contributed by atoms with Crippen molar-refractivity contribution < 1.29 is 9.59 Å². The van der Waals surface area contributed by atoms with Gasteiger partial charge in [0.25, 0.3) is 0 Å².